The van der Waals surface area contributed by atoms with Crippen molar-refractivity contribution >= 4 is 21.4 Å². The number of fused-ring (bicyclic) bond motifs is 1. The molecule has 134 valence electrons. The van der Waals surface area contributed by atoms with Crippen LogP contribution in [0, 0.1) is 0 Å². The standard InChI is InChI=1S/C20H19ClN2O2S/c1-26(24,25)17-12-6-14(7-13-17)20-22-18-4-2-3-5-19(18)23(20)16-10-8-15(21)9-11-16/h6-13H,2-5H2,1H3. The highest BCUT2D eigenvalue weighted by Crippen LogP contribution is 2.32. The minimum absolute atomic E-state index is 0.315. The van der Waals surface area contributed by atoms with Crippen molar-refractivity contribution in [1.29, 1.82) is 0 Å². The van der Waals surface area contributed by atoms with Gasteiger partial charge >= 0.3 is 0 Å². The van der Waals surface area contributed by atoms with Gasteiger partial charge in [0.1, 0.15) is 5.82 Å². The molecule has 26 heavy (non-hydrogen) atoms. The minimum atomic E-state index is -3.21. The van der Waals surface area contributed by atoms with E-state index < -0.39 is 9.84 Å². The van der Waals surface area contributed by atoms with Crippen molar-refractivity contribution < 1.29 is 8.42 Å². The number of aromatic nitrogens is 2. The topological polar surface area (TPSA) is 52.0 Å². The van der Waals surface area contributed by atoms with Gasteiger partial charge in [0, 0.05) is 28.2 Å². The monoisotopic (exact) mass is 386 g/mol. The lowest BCUT2D eigenvalue weighted by Crippen LogP contribution is -2.07. The van der Waals surface area contributed by atoms with E-state index in [0.29, 0.717) is 9.92 Å². The van der Waals surface area contributed by atoms with Gasteiger partial charge in [0.25, 0.3) is 0 Å². The van der Waals surface area contributed by atoms with Gasteiger partial charge in [-0.3, -0.25) is 4.57 Å². The van der Waals surface area contributed by atoms with Crippen molar-refractivity contribution in [3.63, 3.8) is 0 Å². The fourth-order valence-electron chi connectivity index (χ4n) is 3.45. The second-order valence-electron chi connectivity index (χ2n) is 6.64. The van der Waals surface area contributed by atoms with Gasteiger partial charge in [-0.1, -0.05) is 11.6 Å². The van der Waals surface area contributed by atoms with E-state index in [1.54, 1.807) is 12.1 Å². The van der Waals surface area contributed by atoms with Crippen LogP contribution in [0.5, 0.6) is 0 Å². The van der Waals surface area contributed by atoms with Crippen LogP contribution in [0.3, 0.4) is 0 Å². The zero-order chi connectivity index (χ0) is 18.3. The Kier molecular flexibility index (Phi) is 4.37. The van der Waals surface area contributed by atoms with E-state index in [4.69, 9.17) is 16.6 Å². The molecule has 4 nitrogen and oxygen atoms in total. The second-order valence-corrected chi connectivity index (χ2v) is 9.10. The minimum Gasteiger partial charge on any atom is -0.296 e. The largest absolute Gasteiger partial charge is 0.296 e. The van der Waals surface area contributed by atoms with Crippen molar-refractivity contribution in [2.24, 2.45) is 0 Å². The molecule has 6 heteroatoms. The lowest BCUT2D eigenvalue weighted by molar-refractivity contribution is 0.602. The highest BCUT2D eigenvalue weighted by molar-refractivity contribution is 7.90. The van der Waals surface area contributed by atoms with Gasteiger partial charge in [0.05, 0.1) is 10.6 Å². The first-order valence-electron chi connectivity index (χ1n) is 8.60. The summed E-state index contributed by atoms with van der Waals surface area (Å²) in [6, 6.07) is 14.7. The summed E-state index contributed by atoms with van der Waals surface area (Å²) in [5.41, 5.74) is 4.29. The van der Waals surface area contributed by atoms with Crippen LogP contribution in [0.25, 0.3) is 17.1 Å². The number of sulfone groups is 1. The summed E-state index contributed by atoms with van der Waals surface area (Å²) in [4.78, 5) is 5.21. The molecular formula is C20H19ClN2O2S. The summed E-state index contributed by atoms with van der Waals surface area (Å²) in [7, 11) is -3.21. The van der Waals surface area contributed by atoms with E-state index in [1.807, 2.05) is 36.4 Å². The number of hydrogen-bond donors (Lipinski definition) is 0. The molecule has 0 unspecified atom stereocenters. The molecule has 3 aromatic rings. The summed E-state index contributed by atoms with van der Waals surface area (Å²) in [6.45, 7) is 0. The summed E-state index contributed by atoms with van der Waals surface area (Å²) in [5, 5.41) is 0.696. The number of nitrogens with zero attached hydrogens (tertiary/aromatic N) is 2. The van der Waals surface area contributed by atoms with Crippen LogP contribution in [0.1, 0.15) is 24.2 Å². The molecule has 0 aliphatic heterocycles. The fourth-order valence-corrected chi connectivity index (χ4v) is 4.21. The van der Waals surface area contributed by atoms with Gasteiger partial charge < -0.3 is 0 Å². The molecule has 0 N–H and O–H groups in total. The Morgan fingerprint density at radius 1 is 0.962 bits per heavy atom. The highest BCUT2D eigenvalue weighted by atomic mass is 35.5. The van der Waals surface area contributed by atoms with Crippen LogP contribution in [0.2, 0.25) is 5.02 Å². The van der Waals surface area contributed by atoms with Crippen LogP contribution < -0.4 is 0 Å². The Morgan fingerprint density at radius 3 is 2.27 bits per heavy atom. The van der Waals surface area contributed by atoms with Crippen molar-refractivity contribution in [3.05, 3.63) is 64.9 Å². The van der Waals surface area contributed by atoms with Crippen LogP contribution in [0.15, 0.2) is 53.4 Å². The lowest BCUT2D eigenvalue weighted by atomic mass is 10.0. The van der Waals surface area contributed by atoms with Gasteiger partial charge in [-0.05, 0) is 74.2 Å². The van der Waals surface area contributed by atoms with Gasteiger partial charge in [-0.2, -0.15) is 0 Å². The predicted octanol–water partition coefficient (Wildman–Crippen LogP) is 4.48. The molecule has 4 rings (SSSR count). The normalized spacial score (nSPS) is 14.2. The summed E-state index contributed by atoms with van der Waals surface area (Å²) >= 11 is 6.05. The number of aryl methyl sites for hydroxylation is 1. The molecular weight excluding hydrogens is 368 g/mol. The van der Waals surface area contributed by atoms with Crippen LogP contribution >= 0.6 is 11.6 Å². The summed E-state index contributed by atoms with van der Waals surface area (Å²) < 4.78 is 25.6. The molecule has 0 spiro atoms. The lowest BCUT2D eigenvalue weighted by Gasteiger charge is -2.15. The highest BCUT2D eigenvalue weighted by Gasteiger charge is 2.22. The Morgan fingerprint density at radius 2 is 1.62 bits per heavy atom. The Hall–Kier alpha value is -2.11. The zero-order valence-electron chi connectivity index (χ0n) is 14.4. The summed E-state index contributed by atoms with van der Waals surface area (Å²) in [5.74, 6) is 0.847. The Balaban J connectivity index is 1.88. The van der Waals surface area contributed by atoms with E-state index in [0.717, 1.165) is 48.5 Å². The van der Waals surface area contributed by atoms with Crippen molar-refractivity contribution in [3.8, 4) is 17.1 Å². The quantitative estimate of drug-likeness (QED) is 0.667. The van der Waals surface area contributed by atoms with Crippen LogP contribution in [0.4, 0.5) is 0 Å². The van der Waals surface area contributed by atoms with Crippen molar-refractivity contribution in [2.75, 3.05) is 6.26 Å². The average Bonchev–Trinajstić information content (AvgIpc) is 3.01. The molecule has 0 amide bonds. The summed E-state index contributed by atoms with van der Waals surface area (Å²) in [6.07, 6.45) is 5.49. The number of halogens is 1. The van der Waals surface area contributed by atoms with E-state index in [9.17, 15) is 8.42 Å². The Bertz CT molecular complexity index is 1050. The molecule has 1 aliphatic carbocycles. The van der Waals surface area contributed by atoms with E-state index in [-0.39, 0.29) is 0 Å². The first kappa shape index (κ1) is 17.3. The fraction of sp³-hybridized carbons (Fsp3) is 0.250. The molecule has 1 aromatic heterocycles. The number of hydrogen-bond acceptors (Lipinski definition) is 3. The van der Waals surface area contributed by atoms with E-state index in [1.165, 1.54) is 11.9 Å². The van der Waals surface area contributed by atoms with Gasteiger partial charge in [0.15, 0.2) is 9.84 Å². The molecule has 0 fully saturated rings. The van der Waals surface area contributed by atoms with Crippen molar-refractivity contribution in [2.45, 2.75) is 30.6 Å². The van der Waals surface area contributed by atoms with Gasteiger partial charge in [-0.15, -0.1) is 0 Å². The van der Waals surface area contributed by atoms with Crippen molar-refractivity contribution in [1.82, 2.24) is 9.55 Å². The smallest absolute Gasteiger partial charge is 0.175 e. The molecule has 2 aromatic carbocycles. The number of benzene rings is 2. The predicted molar refractivity (Wildman–Crippen MR) is 104 cm³/mol. The first-order chi connectivity index (χ1) is 12.4. The van der Waals surface area contributed by atoms with Crippen LogP contribution in [-0.4, -0.2) is 24.2 Å². The molecule has 1 heterocycles. The van der Waals surface area contributed by atoms with E-state index >= 15 is 0 Å². The number of imidazole rings is 1. The average molecular weight is 387 g/mol. The molecule has 0 saturated carbocycles. The SMILES string of the molecule is CS(=O)(=O)c1ccc(-c2nc3c(n2-c2ccc(Cl)cc2)CCCC3)cc1. The molecule has 0 atom stereocenters. The maximum Gasteiger partial charge on any atom is 0.175 e. The number of rotatable bonds is 3. The van der Waals surface area contributed by atoms with Crippen LogP contribution in [-0.2, 0) is 22.7 Å². The zero-order valence-corrected chi connectivity index (χ0v) is 16.0. The third-order valence-corrected chi connectivity index (χ3v) is 6.14. The Labute approximate surface area is 158 Å². The van der Waals surface area contributed by atoms with Gasteiger partial charge in [0.2, 0.25) is 0 Å². The maximum atomic E-state index is 11.7. The first-order valence-corrected chi connectivity index (χ1v) is 10.9. The van der Waals surface area contributed by atoms with Gasteiger partial charge in [-0.25, -0.2) is 13.4 Å². The molecule has 0 radical (unpaired) electrons. The third kappa shape index (κ3) is 3.17. The van der Waals surface area contributed by atoms with E-state index in [2.05, 4.69) is 4.57 Å². The second kappa shape index (κ2) is 6.56. The molecule has 0 bridgehead atoms. The third-order valence-electron chi connectivity index (χ3n) is 4.76. The maximum absolute atomic E-state index is 11.7. The molecule has 1 aliphatic rings. The molecule has 0 saturated heterocycles.